The number of carbonyl (C=O) groups is 1. The first kappa shape index (κ1) is 12.9. The Morgan fingerprint density at radius 2 is 2.37 bits per heavy atom. The Balaban J connectivity index is 1.70. The van der Waals surface area contributed by atoms with Gasteiger partial charge in [0.1, 0.15) is 0 Å². The van der Waals surface area contributed by atoms with Gasteiger partial charge in [-0.2, -0.15) is 0 Å². The first-order valence-electron chi connectivity index (χ1n) is 6.70. The second kappa shape index (κ2) is 5.46. The average Bonchev–Trinajstić information content (AvgIpc) is 2.77. The van der Waals surface area contributed by atoms with Crippen LogP contribution in [0.5, 0.6) is 0 Å². The smallest absolute Gasteiger partial charge is 0.409 e. The first-order valence-corrected chi connectivity index (χ1v) is 7.64. The normalized spacial score (nSPS) is 27.3. The van der Waals surface area contributed by atoms with Crippen LogP contribution in [0.2, 0.25) is 0 Å². The molecule has 3 aliphatic rings. The Bertz CT molecular complexity index is 437. The monoisotopic (exact) mass is 281 g/mol. The minimum atomic E-state index is -0.176. The van der Waals surface area contributed by atoms with E-state index in [4.69, 9.17) is 4.74 Å². The quantitative estimate of drug-likeness (QED) is 0.829. The molecule has 0 N–H and O–H groups in total. The van der Waals surface area contributed by atoms with Crippen LogP contribution in [0, 0.1) is 5.92 Å². The molecule has 0 unspecified atom stereocenters. The number of hydrogen-bond donors (Lipinski definition) is 0. The molecule has 2 atom stereocenters. The Kier molecular flexibility index (Phi) is 3.70. The van der Waals surface area contributed by atoms with E-state index in [1.54, 1.807) is 11.3 Å². The molecule has 0 spiro atoms. The zero-order valence-electron chi connectivity index (χ0n) is 11.1. The van der Waals surface area contributed by atoms with E-state index in [9.17, 15) is 4.79 Å². The van der Waals surface area contributed by atoms with Crippen LogP contribution >= 0.6 is 11.3 Å². The van der Waals surface area contributed by atoms with Crippen LogP contribution in [-0.2, 0) is 11.3 Å². The summed E-state index contributed by atoms with van der Waals surface area (Å²) in [6, 6.07) is 0.296. The molecule has 3 saturated heterocycles. The number of amides is 1. The zero-order chi connectivity index (χ0) is 13.2. The van der Waals surface area contributed by atoms with Crippen molar-refractivity contribution in [2.24, 2.45) is 5.92 Å². The highest BCUT2D eigenvalue weighted by Gasteiger charge is 2.37. The Morgan fingerprint density at radius 1 is 1.47 bits per heavy atom. The van der Waals surface area contributed by atoms with Gasteiger partial charge in [0.2, 0.25) is 0 Å². The van der Waals surface area contributed by atoms with Crippen molar-refractivity contribution in [3.05, 3.63) is 16.6 Å². The minimum absolute atomic E-state index is 0.176. The molecule has 0 radical (unpaired) electrons. The van der Waals surface area contributed by atoms with Gasteiger partial charge in [-0.25, -0.2) is 9.78 Å². The van der Waals surface area contributed by atoms with Crippen molar-refractivity contribution in [1.82, 2.24) is 14.8 Å². The van der Waals surface area contributed by atoms with Gasteiger partial charge in [-0.15, -0.1) is 11.3 Å². The van der Waals surface area contributed by atoms with Crippen LogP contribution in [0.15, 0.2) is 10.9 Å². The number of piperidine rings is 1. The fourth-order valence-electron chi connectivity index (χ4n) is 3.19. The van der Waals surface area contributed by atoms with Gasteiger partial charge in [0.05, 0.1) is 18.3 Å². The van der Waals surface area contributed by atoms with E-state index >= 15 is 0 Å². The van der Waals surface area contributed by atoms with Gasteiger partial charge in [0.15, 0.2) is 0 Å². The molecule has 2 bridgehead atoms. The molecule has 0 aliphatic carbocycles. The fraction of sp³-hybridized carbons (Fsp3) is 0.692. The predicted molar refractivity (Wildman–Crippen MR) is 73.0 cm³/mol. The van der Waals surface area contributed by atoms with Crippen molar-refractivity contribution in [3.8, 4) is 0 Å². The summed E-state index contributed by atoms with van der Waals surface area (Å²) in [5.74, 6) is 0.566. The molecule has 1 aromatic heterocycles. The molecule has 3 aliphatic heterocycles. The summed E-state index contributed by atoms with van der Waals surface area (Å²) in [6.07, 6.45) is 2.13. The van der Waals surface area contributed by atoms with Gasteiger partial charge < -0.3 is 9.64 Å². The van der Waals surface area contributed by atoms with Crippen LogP contribution in [0.3, 0.4) is 0 Å². The van der Waals surface area contributed by atoms with E-state index < -0.39 is 0 Å². The van der Waals surface area contributed by atoms with Crippen molar-refractivity contribution >= 4 is 17.4 Å². The zero-order valence-corrected chi connectivity index (χ0v) is 11.9. The Morgan fingerprint density at radius 3 is 3.11 bits per heavy atom. The highest BCUT2D eigenvalue weighted by atomic mass is 32.1. The van der Waals surface area contributed by atoms with Gasteiger partial charge in [-0.05, 0) is 18.8 Å². The standard InChI is InChI=1S/C13H19N3O2S/c1-18-13(17)16-5-10-2-3-12(16)7-15(4-10)6-11-8-19-9-14-11/h8-10,12H,2-7H2,1H3/t10-,12+/m1/s1. The van der Waals surface area contributed by atoms with Gasteiger partial charge in [-0.3, -0.25) is 4.90 Å². The molecule has 0 aromatic carbocycles. The number of carbonyl (C=O) groups excluding carboxylic acids is 1. The highest BCUT2D eigenvalue weighted by Crippen LogP contribution is 2.29. The molecule has 4 rings (SSSR count). The third kappa shape index (κ3) is 2.74. The summed E-state index contributed by atoms with van der Waals surface area (Å²) in [6.45, 7) is 3.72. The number of fused-ring (bicyclic) bond motifs is 4. The first-order chi connectivity index (χ1) is 9.26. The molecule has 19 heavy (non-hydrogen) atoms. The molecular formula is C13H19N3O2S. The summed E-state index contributed by atoms with van der Waals surface area (Å²) in [4.78, 5) is 20.5. The number of hydrogen-bond acceptors (Lipinski definition) is 5. The maximum Gasteiger partial charge on any atom is 0.409 e. The molecule has 0 saturated carbocycles. The Labute approximate surface area is 117 Å². The summed E-state index contributed by atoms with van der Waals surface area (Å²) in [7, 11) is 1.47. The number of thiazole rings is 1. The van der Waals surface area contributed by atoms with E-state index in [1.165, 1.54) is 13.5 Å². The number of aromatic nitrogens is 1. The van der Waals surface area contributed by atoms with E-state index in [-0.39, 0.29) is 6.09 Å². The van der Waals surface area contributed by atoms with Gasteiger partial charge in [0, 0.05) is 37.6 Å². The summed E-state index contributed by atoms with van der Waals surface area (Å²) >= 11 is 1.64. The summed E-state index contributed by atoms with van der Waals surface area (Å²) in [5, 5.41) is 2.10. The molecule has 1 amide bonds. The topological polar surface area (TPSA) is 45.7 Å². The van der Waals surface area contributed by atoms with Gasteiger partial charge in [0.25, 0.3) is 0 Å². The third-order valence-corrected chi connectivity index (χ3v) is 4.70. The maximum atomic E-state index is 11.8. The summed E-state index contributed by atoms with van der Waals surface area (Å²) in [5.41, 5.74) is 3.01. The van der Waals surface area contributed by atoms with E-state index in [0.29, 0.717) is 12.0 Å². The van der Waals surface area contributed by atoms with Crippen molar-refractivity contribution in [2.45, 2.75) is 25.4 Å². The van der Waals surface area contributed by atoms with Gasteiger partial charge in [-0.1, -0.05) is 0 Å². The van der Waals surface area contributed by atoms with Crippen LogP contribution in [0.25, 0.3) is 0 Å². The molecule has 5 nitrogen and oxygen atoms in total. The number of nitrogens with zero attached hydrogens (tertiary/aromatic N) is 3. The lowest BCUT2D eigenvalue weighted by Crippen LogP contribution is -2.47. The van der Waals surface area contributed by atoms with Crippen molar-refractivity contribution in [2.75, 3.05) is 26.7 Å². The molecule has 3 fully saturated rings. The lowest BCUT2D eigenvalue weighted by molar-refractivity contribution is 0.0833. The van der Waals surface area contributed by atoms with E-state index in [1.807, 2.05) is 10.4 Å². The highest BCUT2D eigenvalue weighted by molar-refractivity contribution is 7.07. The van der Waals surface area contributed by atoms with Crippen LogP contribution in [0.1, 0.15) is 18.5 Å². The molecule has 104 valence electrons. The molecule has 4 heterocycles. The lowest BCUT2D eigenvalue weighted by Gasteiger charge is -2.34. The van der Waals surface area contributed by atoms with Crippen molar-refractivity contribution < 1.29 is 9.53 Å². The minimum Gasteiger partial charge on any atom is -0.453 e. The second-order valence-electron chi connectivity index (χ2n) is 5.39. The van der Waals surface area contributed by atoms with E-state index in [2.05, 4.69) is 15.3 Å². The van der Waals surface area contributed by atoms with Crippen LogP contribution in [0.4, 0.5) is 4.79 Å². The average molecular weight is 281 g/mol. The van der Waals surface area contributed by atoms with Crippen molar-refractivity contribution in [3.63, 3.8) is 0 Å². The SMILES string of the molecule is COC(=O)N1C[C@@H]2CC[C@H]1CN(Cc1cscn1)C2. The number of rotatable bonds is 2. The molecule has 6 heteroatoms. The molecule has 1 aromatic rings. The largest absolute Gasteiger partial charge is 0.453 e. The Hall–Kier alpha value is -1.14. The predicted octanol–water partition coefficient (Wildman–Crippen LogP) is 1.81. The maximum absolute atomic E-state index is 11.8. The summed E-state index contributed by atoms with van der Waals surface area (Å²) < 4.78 is 4.90. The van der Waals surface area contributed by atoms with Crippen LogP contribution in [-0.4, -0.2) is 53.7 Å². The fourth-order valence-corrected chi connectivity index (χ4v) is 3.74. The lowest BCUT2D eigenvalue weighted by atomic mass is 9.95. The second-order valence-corrected chi connectivity index (χ2v) is 6.11. The van der Waals surface area contributed by atoms with Crippen molar-refractivity contribution in [1.29, 1.82) is 0 Å². The van der Waals surface area contributed by atoms with Gasteiger partial charge >= 0.3 is 6.09 Å². The van der Waals surface area contributed by atoms with Crippen LogP contribution < -0.4 is 0 Å². The molecular weight excluding hydrogens is 262 g/mol. The third-order valence-electron chi connectivity index (χ3n) is 4.07. The number of methoxy groups -OCH3 is 1. The number of ether oxygens (including phenoxy) is 1. The van der Waals surface area contributed by atoms with E-state index in [0.717, 1.165) is 38.3 Å².